The number of ether oxygens (including phenoxy) is 3. The van der Waals surface area contributed by atoms with Gasteiger partial charge in [-0.2, -0.15) is 0 Å². The van der Waals surface area contributed by atoms with Crippen LogP contribution in [-0.2, 0) is 0 Å². The predicted molar refractivity (Wildman–Crippen MR) is 107 cm³/mol. The van der Waals surface area contributed by atoms with Crippen LogP contribution in [0.2, 0.25) is 0 Å². The number of benzene rings is 2. The molecule has 28 heavy (non-hydrogen) atoms. The number of methoxy groups -OCH3 is 3. The van der Waals surface area contributed by atoms with Gasteiger partial charge in [-0.15, -0.1) is 0 Å². The van der Waals surface area contributed by atoms with Gasteiger partial charge < -0.3 is 14.2 Å². The quantitative estimate of drug-likeness (QED) is 0.457. The van der Waals surface area contributed by atoms with Crippen molar-refractivity contribution in [3.8, 4) is 28.6 Å². The van der Waals surface area contributed by atoms with Gasteiger partial charge in [0.05, 0.1) is 21.3 Å². The Bertz CT molecular complexity index is 958. The molecule has 6 heteroatoms. The van der Waals surface area contributed by atoms with Gasteiger partial charge in [-0.3, -0.25) is 4.79 Å². The average Bonchev–Trinajstić information content (AvgIpc) is 2.77. The summed E-state index contributed by atoms with van der Waals surface area (Å²) in [5.74, 6) is 1.72. The Labute approximate surface area is 163 Å². The molecule has 3 aromatic rings. The van der Waals surface area contributed by atoms with Gasteiger partial charge in [0.1, 0.15) is 0 Å². The molecule has 0 bridgehead atoms. The summed E-state index contributed by atoms with van der Waals surface area (Å²) in [6, 6.07) is 12.9. The van der Waals surface area contributed by atoms with E-state index in [1.807, 2.05) is 30.3 Å². The van der Waals surface area contributed by atoms with Crippen LogP contribution in [0, 0.1) is 0 Å². The van der Waals surface area contributed by atoms with Crippen molar-refractivity contribution in [2.75, 3.05) is 21.3 Å². The van der Waals surface area contributed by atoms with E-state index in [1.54, 1.807) is 30.6 Å². The summed E-state index contributed by atoms with van der Waals surface area (Å²) in [7, 11) is 4.53. The molecule has 0 spiro atoms. The lowest BCUT2D eigenvalue weighted by Gasteiger charge is -2.13. The summed E-state index contributed by atoms with van der Waals surface area (Å²) < 4.78 is 15.8. The maximum absolute atomic E-state index is 12.6. The predicted octanol–water partition coefficient (Wildman–Crippen LogP) is 4.07. The van der Waals surface area contributed by atoms with E-state index >= 15 is 0 Å². The van der Waals surface area contributed by atoms with Crippen LogP contribution in [-0.4, -0.2) is 37.1 Å². The Hall–Kier alpha value is -3.67. The first-order valence-electron chi connectivity index (χ1n) is 8.56. The van der Waals surface area contributed by atoms with E-state index < -0.39 is 0 Å². The van der Waals surface area contributed by atoms with Crippen LogP contribution in [0.25, 0.3) is 17.5 Å². The Morgan fingerprint density at radius 2 is 1.50 bits per heavy atom. The lowest BCUT2D eigenvalue weighted by atomic mass is 10.1. The van der Waals surface area contributed by atoms with E-state index in [9.17, 15) is 4.79 Å². The van der Waals surface area contributed by atoms with Crippen LogP contribution in [0.5, 0.6) is 17.2 Å². The number of hydrogen-bond acceptors (Lipinski definition) is 6. The molecule has 0 aliphatic heterocycles. The topological polar surface area (TPSA) is 70.5 Å². The Balaban J connectivity index is 1.80. The van der Waals surface area contributed by atoms with Gasteiger partial charge >= 0.3 is 0 Å². The molecular weight excluding hydrogens is 356 g/mol. The van der Waals surface area contributed by atoms with Crippen LogP contribution < -0.4 is 14.2 Å². The van der Waals surface area contributed by atoms with E-state index in [2.05, 4.69) is 9.97 Å². The fourth-order valence-electron chi connectivity index (χ4n) is 2.65. The Morgan fingerprint density at radius 3 is 2.04 bits per heavy atom. The Morgan fingerprint density at radius 1 is 0.893 bits per heavy atom. The lowest BCUT2D eigenvalue weighted by Crippen LogP contribution is -2.00. The van der Waals surface area contributed by atoms with Crippen LogP contribution in [0.1, 0.15) is 15.9 Å². The van der Waals surface area contributed by atoms with Crippen LogP contribution in [0.3, 0.4) is 0 Å². The molecule has 0 amide bonds. The smallest absolute Gasteiger partial charge is 0.203 e. The largest absolute Gasteiger partial charge is 0.493 e. The van der Waals surface area contributed by atoms with Crippen LogP contribution in [0.15, 0.2) is 60.9 Å². The molecule has 0 aliphatic rings. The molecular formula is C22H20N2O4. The van der Waals surface area contributed by atoms with Crippen LogP contribution in [0.4, 0.5) is 0 Å². The molecule has 6 nitrogen and oxygen atoms in total. The zero-order chi connectivity index (χ0) is 19.9. The van der Waals surface area contributed by atoms with Crippen molar-refractivity contribution in [1.29, 1.82) is 0 Å². The molecule has 2 aromatic carbocycles. The van der Waals surface area contributed by atoms with E-state index in [1.165, 1.54) is 27.4 Å². The van der Waals surface area contributed by atoms with Crippen molar-refractivity contribution in [3.63, 3.8) is 0 Å². The molecule has 1 aromatic heterocycles. The molecule has 0 radical (unpaired) electrons. The summed E-state index contributed by atoms with van der Waals surface area (Å²) >= 11 is 0. The fourth-order valence-corrected chi connectivity index (χ4v) is 2.65. The molecule has 0 N–H and O–H groups in total. The highest BCUT2D eigenvalue weighted by atomic mass is 16.5. The maximum Gasteiger partial charge on any atom is 0.203 e. The van der Waals surface area contributed by atoms with Crippen molar-refractivity contribution >= 4 is 11.9 Å². The van der Waals surface area contributed by atoms with Gasteiger partial charge in [-0.25, -0.2) is 9.97 Å². The van der Waals surface area contributed by atoms with Gasteiger partial charge in [-0.1, -0.05) is 30.3 Å². The first-order chi connectivity index (χ1) is 13.7. The van der Waals surface area contributed by atoms with Gasteiger partial charge in [-0.05, 0) is 24.3 Å². The molecule has 0 saturated carbocycles. The fraction of sp³-hybridized carbons (Fsp3) is 0.136. The highest BCUT2D eigenvalue weighted by molar-refractivity contribution is 6.07. The summed E-state index contributed by atoms with van der Waals surface area (Å²) in [6.07, 6.45) is 6.48. The van der Waals surface area contributed by atoms with Crippen molar-refractivity contribution in [2.24, 2.45) is 0 Å². The molecule has 0 aliphatic carbocycles. The average molecular weight is 376 g/mol. The highest BCUT2D eigenvalue weighted by Crippen LogP contribution is 2.38. The van der Waals surface area contributed by atoms with Gasteiger partial charge in [0, 0.05) is 29.1 Å². The van der Waals surface area contributed by atoms with Crippen molar-refractivity contribution in [3.05, 3.63) is 72.1 Å². The number of rotatable bonds is 7. The second-order valence-corrected chi connectivity index (χ2v) is 5.82. The van der Waals surface area contributed by atoms with Gasteiger partial charge in [0.2, 0.25) is 5.75 Å². The molecule has 3 rings (SSSR count). The third kappa shape index (κ3) is 4.17. The zero-order valence-corrected chi connectivity index (χ0v) is 15.9. The first kappa shape index (κ1) is 19.1. The third-order valence-electron chi connectivity index (χ3n) is 4.08. The molecule has 0 saturated heterocycles. The monoisotopic (exact) mass is 376 g/mol. The molecule has 0 atom stereocenters. The number of ketones is 1. The normalized spacial score (nSPS) is 10.7. The molecule has 0 unspecified atom stereocenters. The number of nitrogens with zero attached hydrogens (tertiary/aromatic N) is 2. The number of allylic oxidation sites excluding steroid dienone is 1. The summed E-state index contributed by atoms with van der Waals surface area (Å²) in [5, 5.41) is 0. The number of aromatic nitrogens is 2. The van der Waals surface area contributed by atoms with E-state index in [-0.39, 0.29) is 5.78 Å². The van der Waals surface area contributed by atoms with Crippen LogP contribution >= 0.6 is 0 Å². The minimum Gasteiger partial charge on any atom is -0.493 e. The van der Waals surface area contributed by atoms with Crippen molar-refractivity contribution in [2.45, 2.75) is 0 Å². The van der Waals surface area contributed by atoms with Gasteiger partial charge in [0.25, 0.3) is 0 Å². The summed E-state index contributed by atoms with van der Waals surface area (Å²) in [5.41, 5.74) is 2.08. The summed E-state index contributed by atoms with van der Waals surface area (Å²) in [4.78, 5) is 21.3. The highest BCUT2D eigenvalue weighted by Gasteiger charge is 2.15. The standard InChI is InChI=1S/C22H20N2O4/c1-26-19-11-17(12-20(27-2)21(19)28-3)18(25)10-9-15-13-23-22(24-14-15)16-7-5-4-6-8-16/h4-14H,1-3H3/b10-9-. The SMILES string of the molecule is COc1cc(C(=O)/C=C\c2cnc(-c3ccccc3)nc2)cc(OC)c1OC. The van der Waals surface area contributed by atoms with Crippen molar-refractivity contribution < 1.29 is 19.0 Å². The lowest BCUT2D eigenvalue weighted by molar-refractivity contribution is 0.104. The van der Waals surface area contributed by atoms with Crippen molar-refractivity contribution in [1.82, 2.24) is 9.97 Å². The molecule has 0 fully saturated rings. The number of carbonyl (C=O) groups is 1. The van der Waals surface area contributed by atoms with Gasteiger partial charge in [0.15, 0.2) is 23.1 Å². The maximum atomic E-state index is 12.6. The number of carbonyl (C=O) groups excluding carboxylic acids is 1. The van der Waals surface area contributed by atoms with E-state index in [0.717, 1.165) is 11.1 Å². The van der Waals surface area contributed by atoms with E-state index in [0.29, 0.717) is 28.6 Å². The molecule has 1 heterocycles. The minimum atomic E-state index is -0.202. The summed E-state index contributed by atoms with van der Waals surface area (Å²) in [6.45, 7) is 0. The third-order valence-corrected chi connectivity index (χ3v) is 4.08. The second-order valence-electron chi connectivity index (χ2n) is 5.82. The zero-order valence-electron chi connectivity index (χ0n) is 15.9. The molecule has 142 valence electrons. The first-order valence-corrected chi connectivity index (χ1v) is 8.56. The minimum absolute atomic E-state index is 0.202. The number of hydrogen-bond donors (Lipinski definition) is 0. The Kier molecular flexibility index (Phi) is 6.01. The second kappa shape index (κ2) is 8.81. The van der Waals surface area contributed by atoms with E-state index in [4.69, 9.17) is 14.2 Å².